The second-order valence-electron chi connectivity index (χ2n) is 7.30. The molecule has 0 radical (unpaired) electrons. The molecule has 0 spiro atoms. The summed E-state index contributed by atoms with van der Waals surface area (Å²) < 4.78 is 0.592. The van der Waals surface area contributed by atoms with Crippen molar-refractivity contribution in [2.75, 3.05) is 18.1 Å². The SMILES string of the molecule is N#CC(C(=O)NCCCCc1ccccc1)C(SCC(O)C(O)CS)c1cccc(Br)n1. The van der Waals surface area contributed by atoms with Crippen LogP contribution in [-0.2, 0) is 11.2 Å². The number of aliphatic hydroxyl groups excluding tert-OH is 2. The van der Waals surface area contributed by atoms with Crippen LogP contribution in [0.5, 0.6) is 0 Å². The standard InChI is InChI=1S/C23H28BrN3O3S2/c24-21-11-6-10-18(27-21)22(32-15-20(29)19(28)14-31)17(13-25)23(30)26-12-5-4-9-16-7-2-1-3-8-16/h1-3,6-8,10-11,17,19-20,22,28-29,31H,4-5,9,12,14-15H2,(H,26,30). The molecule has 0 aliphatic heterocycles. The summed E-state index contributed by atoms with van der Waals surface area (Å²) in [4.78, 5) is 17.2. The monoisotopic (exact) mass is 537 g/mol. The zero-order chi connectivity index (χ0) is 23.3. The first-order valence-corrected chi connectivity index (χ1v) is 12.9. The van der Waals surface area contributed by atoms with Crippen molar-refractivity contribution in [3.8, 4) is 6.07 Å². The molecule has 6 nitrogen and oxygen atoms in total. The molecule has 9 heteroatoms. The summed E-state index contributed by atoms with van der Waals surface area (Å²) in [6, 6.07) is 17.6. The average molecular weight is 539 g/mol. The summed E-state index contributed by atoms with van der Waals surface area (Å²) >= 11 is 8.55. The number of nitrogens with one attached hydrogen (secondary N) is 1. The molecule has 0 aliphatic rings. The van der Waals surface area contributed by atoms with Crippen molar-refractivity contribution in [1.82, 2.24) is 10.3 Å². The molecule has 0 fully saturated rings. The van der Waals surface area contributed by atoms with Crippen LogP contribution in [0.15, 0.2) is 53.1 Å². The van der Waals surface area contributed by atoms with E-state index in [0.29, 0.717) is 16.8 Å². The number of halogens is 1. The van der Waals surface area contributed by atoms with Gasteiger partial charge in [0.05, 0.1) is 29.2 Å². The minimum Gasteiger partial charge on any atom is -0.390 e. The molecule has 0 bridgehead atoms. The highest BCUT2D eigenvalue weighted by Gasteiger charge is 2.32. The van der Waals surface area contributed by atoms with Crippen LogP contribution in [0.1, 0.15) is 29.3 Å². The van der Waals surface area contributed by atoms with Crippen LogP contribution in [0.2, 0.25) is 0 Å². The van der Waals surface area contributed by atoms with Crippen LogP contribution in [0.3, 0.4) is 0 Å². The second kappa shape index (κ2) is 14.6. The number of nitrogens with zero attached hydrogens (tertiary/aromatic N) is 2. The maximum absolute atomic E-state index is 12.8. The normalized spacial score (nSPS) is 14.7. The number of pyridine rings is 1. The van der Waals surface area contributed by atoms with Gasteiger partial charge >= 0.3 is 0 Å². The third-order valence-corrected chi connectivity index (χ3v) is 7.09. The maximum atomic E-state index is 12.8. The van der Waals surface area contributed by atoms with Crippen LogP contribution in [0, 0.1) is 17.2 Å². The van der Waals surface area contributed by atoms with Crippen LogP contribution in [0.4, 0.5) is 0 Å². The van der Waals surface area contributed by atoms with E-state index in [1.165, 1.54) is 17.3 Å². The van der Waals surface area contributed by atoms with E-state index < -0.39 is 23.4 Å². The molecular formula is C23H28BrN3O3S2. The van der Waals surface area contributed by atoms with Crippen molar-refractivity contribution in [1.29, 1.82) is 5.26 Å². The van der Waals surface area contributed by atoms with E-state index in [4.69, 9.17) is 0 Å². The number of hydrogen-bond acceptors (Lipinski definition) is 7. The van der Waals surface area contributed by atoms with Gasteiger partial charge in [-0.1, -0.05) is 36.4 Å². The Hall–Kier alpha value is -1.57. The van der Waals surface area contributed by atoms with E-state index in [1.54, 1.807) is 18.2 Å². The van der Waals surface area contributed by atoms with Gasteiger partial charge in [-0.2, -0.15) is 17.9 Å². The lowest BCUT2D eigenvalue weighted by Crippen LogP contribution is -2.35. The molecule has 1 aromatic carbocycles. The number of hydrogen-bond donors (Lipinski definition) is 4. The van der Waals surface area contributed by atoms with Gasteiger partial charge in [0, 0.05) is 18.1 Å². The number of aromatic nitrogens is 1. The number of aliphatic hydroxyl groups is 2. The van der Waals surface area contributed by atoms with Crippen LogP contribution in [0.25, 0.3) is 0 Å². The number of carbonyl (C=O) groups excluding carboxylic acids is 1. The summed E-state index contributed by atoms with van der Waals surface area (Å²) in [6.07, 6.45) is 0.664. The van der Waals surface area contributed by atoms with Crippen LogP contribution < -0.4 is 5.32 Å². The lowest BCUT2D eigenvalue weighted by Gasteiger charge is -2.23. The molecule has 0 saturated carbocycles. The number of thiol groups is 1. The van der Waals surface area contributed by atoms with E-state index >= 15 is 0 Å². The minimum atomic E-state index is -1.02. The molecule has 3 N–H and O–H groups in total. The summed E-state index contributed by atoms with van der Waals surface area (Å²) in [5.74, 6) is -1.09. The lowest BCUT2D eigenvalue weighted by molar-refractivity contribution is -0.123. The fourth-order valence-electron chi connectivity index (χ4n) is 3.05. The molecule has 1 amide bonds. The number of amides is 1. The number of rotatable bonds is 13. The van der Waals surface area contributed by atoms with Crippen molar-refractivity contribution in [3.05, 3.63) is 64.4 Å². The smallest absolute Gasteiger partial charge is 0.238 e. The van der Waals surface area contributed by atoms with Crippen molar-refractivity contribution >= 4 is 46.2 Å². The summed E-state index contributed by atoms with van der Waals surface area (Å²) in [5, 5.41) is 32.0. The molecule has 32 heavy (non-hydrogen) atoms. The highest BCUT2D eigenvalue weighted by Crippen LogP contribution is 2.36. The Morgan fingerprint density at radius 2 is 1.91 bits per heavy atom. The van der Waals surface area contributed by atoms with Gasteiger partial charge < -0.3 is 15.5 Å². The molecule has 4 unspecified atom stereocenters. The molecule has 0 aliphatic carbocycles. The number of aryl methyl sites for hydroxylation is 1. The Morgan fingerprint density at radius 3 is 2.56 bits per heavy atom. The Morgan fingerprint density at radius 1 is 1.16 bits per heavy atom. The van der Waals surface area contributed by atoms with Crippen LogP contribution in [-0.4, -0.2) is 51.4 Å². The van der Waals surface area contributed by atoms with E-state index in [0.717, 1.165) is 19.3 Å². The highest BCUT2D eigenvalue weighted by atomic mass is 79.9. The summed E-state index contributed by atoms with van der Waals surface area (Å²) in [6.45, 7) is 0.480. The zero-order valence-corrected chi connectivity index (χ0v) is 20.9. The van der Waals surface area contributed by atoms with Crippen LogP contribution >= 0.6 is 40.3 Å². The van der Waals surface area contributed by atoms with Gasteiger partial charge in [-0.25, -0.2) is 4.98 Å². The number of nitriles is 1. The highest BCUT2D eigenvalue weighted by molar-refractivity contribution is 9.10. The minimum absolute atomic E-state index is 0.118. The van der Waals surface area contributed by atoms with Crippen molar-refractivity contribution < 1.29 is 15.0 Å². The van der Waals surface area contributed by atoms with Crippen molar-refractivity contribution in [3.63, 3.8) is 0 Å². The maximum Gasteiger partial charge on any atom is 0.238 e. The lowest BCUT2D eigenvalue weighted by atomic mass is 10.0. The number of benzene rings is 1. The third kappa shape index (κ3) is 8.75. The predicted octanol–water partition coefficient (Wildman–Crippen LogP) is 3.55. The van der Waals surface area contributed by atoms with Gasteiger partial charge in [0.2, 0.25) is 5.91 Å². The number of thioether (sulfide) groups is 1. The Bertz CT molecular complexity index is 882. The fraction of sp³-hybridized carbons (Fsp3) is 0.435. The van der Waals surface area contributed by atoms with Gasteiger partial charge in [0.25, 0.3) is 0 Å². The Kier molecular flexibility index (Phi) is 12.1. The third-order valence-electron chi connectivity index (χ3n) is 4.86. The van der Waals surface area contributed by atoms with Crippen molar-refractivity contribution in [2.24, 2.45) is 5.92 Å². The van der Waals surface area contributed by atoms with Gasteiger partial charge in [-0.15, -0.1) is 11.8 Å². The molecule has 1 heterocycles. The first-order chi connectivity index (χ1) is 15.5. The van der Waals surface area contributed by atoms with Gasteiger partial charge in [0.15, 0.2) is 0 Å². The fourth-order valence-corrected chi connectivity index (χ4v) is 4.96. The largest absolute Gasteiger partial charge is 0.390 e. The zero-order valence-electron chi connectivity index (χ0n) is 17.6. The van der Waals surface area contributed by atoms with E-state index in [1.807, 2.05) is 18.2 Å². The van der Waals surface area contributed by atoms with Gasteiger partial charge in [-0.05, 0) is 52.9 Å². The van der Waals surface area contributed by atoms with Gasteiger partial charge in [0.1, 0.15) is 10.5 Å². The predicted molar refractivity (Wildman–Crippen MR) is 134 cm³/mol. The number of unbranched alkanes of at least 4 members (excludes halogenated alkanes) is 1. The average Bonchev–Trinajstić information content (AvgIpc) is 2.81. The van der Waals surface area contributed by atoms with E-state index in [2.05, 4.69) is 57.1 Å². The first kappa shape index (κ1) is 26.7. The molecule has 1 aromatic heterocycles. The van der Waals surface area contributed by atoms with Crippen molar-refractivity contribution in [2.45, 2.75) is 36.7 Å². The quantitative estimate of drug-likeness (QED) is 0.177. The number of carbonyl (C=O) groups is 1. The molecule has 4 atom stereocenters. The summed E-state index contributed by atoms with van der Waals surface area (Å²) in [7, 11) is 0. The Labute approximate surface area is 207 Å². The molecular weight excluding hydrogens is 510 g/mol. The first-order valence-electron chi connectivity index (χ1n) is 10.4. The molecule has 172 valence electrons. The van der Waals surface area contributed by atoms with E-state index in [-0.39, 0.29) is 17.4 Å². The van der Waals surface area contributed by atoms with Gasteiger partial charge in [-0.3, -0.25) is 4.79 Å². The molecule has 2 aromatic rings. The molecule has 0 saturated heterocycles. The summed E-state index contributed by atoms with van der Waals surface area (Å²) in [5.41, 5.74) is 1.82. The second-order valence-corrected chi connectivity index (χ2v) is 9.65. The molecule has 2 rings (SSSR count). The topological polar surface area (TPSA) is 106 Å². The van der Waals surface area contributed by atoms with E-state index in [9.17, 15) is 20.3 Å². The Balaban J connectivity index is 1.98.